The molecular formula is C27H23BrCl2N4O3S. The number of carbonyl (C=O) groups excluding carboxylic acids is 1. The molecule has 0 atom stereocenters. The van der Waals surface area contributed by atoms with E-state index in [9.17, 15) is 13.2 Å². The highest BCUT2D eigenvalue weighted by Crippen LogP contribution is 2.32. The number of hydrogen-bond acceptors (Lipinski definition) is 4. The Morgan fingerprint density at radius 1 is 1.03 bits per heavy atom. The van der Waals surface area contributed by atoms with Gasteiger partial charge in [0.25, 0.3) is 15.9 Å². The number of aryl methyl sites for hydroxylation is 1. The number of rotatable bonds is 8. The van der Waals surface area contributed by atoms with E-state index in [0.29, 0.717) is 5.02 Å². The van der Waals surface area contributed by atoms with E-state index >= 15 is 0 Å². The van der Waals surface area contributed by atoms with Crippen LogP contribution in [-0.2, 0) is 14.8 Å². The van der Waals surface area contributed by atoms with Crippen molar-refractivity contribution in [2.45, 2.75) is 18.7 Å². The van der Waals surface area contributed by atoms with E-state index in [1.807, 2.05) is 44.2 Å². The highest BCUT2D eigenvalue weighted by molar-refractivity contribution is 9.10. The Kier molecular flexibility index (Phi) is 8.62. The van der Waals surface area contributed by atoms with Gasteiger partial charge in [-0.05, 0) is 78.3 Å². The zero-order valence-corrected chi connectivity index (χ0v) is 24.3. The van der Waals surface area contributed by atoms with Crippen molar-refractivity contribution in [1.82, 2.24) is 9.99 Å². The molecule has 0 unspecified atom stereocenters. The summed E-state index contributed by atoms with van der Waals surface area (Å²) in [6.45, 7) is 3.38. The number of anilines is 1. The molecule has 11 heteroatoms. The Labute approximate surface area is 239 Å². The van der Waals surface area contributed by atoms with Gasteiger partial charge in [0, 0.05) is 26.4 Å². The van der Waals surface area contributed by atoms with Crippen molar-refractivity contribution in [3.8, 4) is 5.69 Å². The summed E-state index contributed by atoms with van der Waals surface area (Å²) >= 11 is 15.9. The van der Waals surface area contributed by atoms with E-state index in [0.717, 1.165) is 31.4 Å². The van der Waals surface area contributed by atoms with E-state index in [2.05, 4.69) is 31.0 Å². The summed E-state index contributed by atoms with van der Waals surface area (Å²) in [7, 11) is -4.12. The number of amides is 1. The first-order valence-electron chi connectivity index (χ1n) is 11.4. The molecule has 0 aliphatic carbocycles. The maximum absolute atomic E-state index is 13.5. The van der Waals surface area contributed by atoms with Crippen LogP contribution in [0, 0.1) is 13.8 Å². The molecule has 4 rings (SSSR count). The summed E-state index contributed by atoms with van der Waals surface area (Å²) in [4.78, 5) is 12.9. The van der Waals surface area contributed by atoms with Gasteiger partial charge in [-0.2, -0.15) is 5.10 Å². The van der Waals surface area contributed by atoms with E-state index < -0.39 is 22.5 Å². The number of halogens is 3. The van der Waals surface area contributed by atoms with Gasteiger partial charge < -0.3 is 4.57 Å². The summed E-state index contributed by atoms with van der Waals surface area (Å²) in [6.07, 6.45) is 1.53. The number of hydrogen-bond donors (Lipinski definition) is 1. The largest absolute Gasteiger partial charge is 0.317 e. The van der Waals surface area contributed by atoms with Gasteiger partial charge in [0.05, 0.1) is 27.5 Å². The quantitative estimate of drug-likeness (QED) is 0.177. The lowest BCUT2D eigenvalue weighted by atomic mass is 10.2. The van der Waals surface area contributed by atoms with Crippen LogP contribution in [0.3, 0.4) is 0 Å². The number of sulfonamides is 1. The fraction of sp³-hybridized carbons (Fsp3) is 0.111. The molecule has 1 aromatic heterocycles. The molecule has 4 aromatic rings. The van der Waals surface area contributed by atoms with Crippen LogP contribution in [0.4, 0.5) is 5.69 Å². The number of benzene rings is 3. The highest BCUT2D eigenvalue weighted by Gasteiger charge is 2.28. The molecule has 0 spiro atoms. The predicted molar refractivity (Wildman–Crippen MR) is 156 cm³/mol. The van der Waals surface area contributed by atoms with Crippen molar-refractivity contribution in [3.63, 3.8) is 0 Å². The van der Waals surface area contributed by atoms with Crippen LogP contribution >= 0.6 is 39.1 Å². The number of carbonyl (C=O) groups is 1. The normalized spacial score (nSPS) is 11.6. The Bertz CT molecular complexity index is 1620. The van der Waals surface area contributed by atoms with Gasteiger partial charge in [-0.25, -0.2) is 13.8 Å². The van der Waals surface area contributed by atoms with Crippen LogP contribution in [0.5, 0.6) is 0 Å². The zero-order valence-electron chi connectivity index (χ0n) is 20.4. The van der Waals surface area contributed by atoms with Gasteiger partial charge in [-0.3, -0.25) is 9.10 Å². The van der Waals surface area contributed by atoms with Crippen LogP contribution in [0.25, 0.3) is 5.69 Å². The van der Waals surface area contributed by atoms with E-state index in [-0.39, 0.29) is 15.6 Å². The number of nitrogens with one attached hydrogen (secondary N) is 1. The molecular weight excluding hydrogens is 611 g/mol. The average molecular weight is 634 g/mol. The smallest absolute Gasteiger partial charge is 0.264 e. The summed E-state index contributed by atoms with van der Waals surface area (Å²) in [5.41, 5.74) is 6.24. The number of hydrazone groups is 1. The first kappa shape index (κ1) is 27.9. The van der Waals surface area contributed by atoms with E-state index in [1.54, 1.807) is 18.2 Å². The van der Waals surface area contributed by atoms with Crippen LogP contribution in [0.2, 0.25) is 10.0 Å². The summed E-state index contributed by atoms with van der Waals surface area (Å²) in [6, 6.07) is 22.0. The zero-order chi connectivity index (χ0) is 27.4. The third kappa shape index (κ3) is 5.96. The summed E-state index contributed by atoms with van der Waals surface area (Å²) in [5, 5.41) is 4.51. The van der Waals surface area contributed by atoms with Crippen molar-refractivity contribution in [3.05, 3.63) is 110 Å². The third-order valence-corrected chi connectivity index (χ3v) is 8.74. The van der Waals surface area contributed by atoms with E-state index in [1.165, 1.54) is 36.5 Å². The van der Waals surface area contributed by atoms with Gasteiger partial charge in [0.1, 0.15) is 6.54 Å². The van der Waals surface area contributed by atoms with Crippen molar-refractivity contribution in [1.29, 1.82) is 0 Å². The molecule has 7 nitrogen and oxygen atoms in total. The van der Waals surface area contributed by atoms with Gasteiger partial charge in [-0.15, -0.1) is 0 Å². The van der Waals surface area contributed by atoms with Crippen LogP contribution in [-0.4, -0.2) is 31.7 Å². The molecule has 0 aliphatic rings. The standard InChI is InChI=1S/C27H23BrCl2N4O3S/c1-18-14-20(19(2)34(18)25-11-7-6-10-23(25)28)16-31-32-27(35)17-33(26-13-12-21(29)15-24(26)30)38(36,37)22-8-4-3-5-9-22/h3-16H,17H2,1-2H3,(H,32,35)/b31-16-. The molecule has 0 saturated heterocycles. The topological polar surface area (TPSA) is 83.8 Å². The van der Waals surface area contributed by atoms with Crippen molar-refractivity contribution in [2.75, 3.05) is 10.8 Å². The third-order valence-electron chi connectivity index (χ3n) is 5.75. The molecule has 0 aliphatic heterocycles. The molecule has 1 N–H and O–H groups in total. The lowest BCUT2D eigenvalue weighted by Gasteiger charge is -2.24. The Morgan fingerprint density at radius 2 is 1.71 bits per heavy atom. The Balaban J connectivity index is 1.58. The maximum Gasteiger partial charge on any atom is 0.264 e. The minimum Gasteiger partial charge on any atom is -0.317 e. The lowest BCUT2D eigenvalue weighted by molar-refractivity contribution is -0.119. The minimum absolute atomic E-state index is 0.0156. The second kappa shape index (κ2) is 11.7. The summed E-state index contributed by atoms with van der Waals surface area (Å²) < 4.78 is 30.9. The number of para-hydroxylation sites is 1. The van der Waals surface area contributed by atoms with Crippen LogP contribution in [0.15, 0.2) is 93.3 Å². The fourth-order valence-electron chi connectivity index (χ4n) is 3.96. The molecule has 0 saturated carbocycles. The highest BCUT2D eigenvalue weighted by atomic mass is 79.9. The number of aromatic nitrogens is 1. The first-order chi connectivity index (χ1) is 18.1. The molecule has 1 heterocycles. The molecule has 1 amide bonds. The SMILES string of the molecule is Cc1cc(/C=N\NC(=O)CN(c2ccc(Cl)cc2Cl)S(=O)(=O)c2ccccc2)c(C)n1-c1ccccc1Br. The molecule has 38 heavy (non-hydrogen) atoms. The first-order valence-corrected chi connectivity index (χ1v) is 14.4. The fourth-order valence-corrected chi connectivity index (χ4v) is 6.45. The Hall–Kier alpha value is -3.11. The van der Waals surface area contributed by atoms with E-state index in [4.69, 9.17) is 23.2 Å². The maximum atomic E-state index is 13.5. The van der Waals surface area contributed by atoms with Gasteiger partial charge in [0.15, 0.2) is 0 Å². The number of nitrogens with zero attached hydrogens (tertiary/aromatic N) is 3. The van der Waals surface area contributed by atoms with Crippen molar-refractivity contribution in [2.24, 2.45) is 5.10 Å². The lowest BCUT2D eigenvalue weighted by Crippen LogP contribution is -2.39. The van der Waals surface area contributed by atoms with Crippen molar-refractivity contribution >= 4 is 67.0 Å². The molecule has 196 valence electrons. The van der Waals surface area contributed by atoms with Gasteiger partial charge in [0.2, 0.25) is 0 Å². The molecule has 0 radical (unpaired) electrons. The average Bonchev–Trinajstić information content (AvgIpc) is 3.16. The molecule has 0 bridgehead atoms. The minimum atomic E-state index is -4.12. The van der Waals surface area contributed by atoms with Crippen LogP contribution in [0.1, 0.15) is 17.0 Å². The predicted octanol–water partition coefficient (Wildman–Crippen LogP) is 6.51. The molecule has 3 aromatic carbocycles. The Morgan fingerprint density at radius 3 is 2.39 bits per heavy atom. The van der Waals surface area contributed by atoms with Gasteiger partial charge in [-0.1, -0.05) is 53.5 Å². The van der Waals surface area contributed by atoms with Crippen LogP contribution < -0.4 is 9.73 Å². The summed E-state index contributed by atoms with van der Waals surface area (Å²) in [5.74, 6) is -0.647. The monoisotopic (exact) mass is 632 g/mol. The van der Waals surface area contributed by atoms with Gasteiger partial charge >= 0.3 is 0 Å². The second-order valence-electron chi connectivity index (χ2n) is 8.33. The van der Waals surface area contributed by atoms with Crippen molar-refractivity contribution < 1.29 is 13.2 Å². The second-order valence-corrected chi connectivity index (χ2v) is 11.9. The molecule has 0 fully saturated rings.